The molecular formula is C32H32N2O7. The Kier molecular flexibility index (Phi) is 9.42. The van der Waals surface area contributed by atoms with Crippen LogP contribution in [-0.4, -0.2) is 43.2 Å². The smallest absolute Gasteiger partial charge is 0.357 e. The van der Waals surface area contributed by atoms with Gasteiger partial charge in [0.1, 0.15) is 0 Å². The van der Waals surface area contributed by atoms with Gasteiger partial charge in [0.05, 0.1) is 26.5 Å². The highest BCUT2D eigenvalue weighted by molar-refractivity contribution is 6.07. The molecule has 9 heteroatoms. The molecular weight excluding hydrogens is 524 g/mol. The molecule has 0 fully saturated rings. The van der Waals surface area contributed by atoms with Crippen LogP contribution in [0, 0.1) is 0 Å². The number of methoxy groups -OCH3 is 2. The molecule has 41 heavy (non-hydrogen) atoms. The monoisotopic (exact) mass is 556 g/mol. The Labute approximate surface area is 238 Å². The maximum absolute atomic E-state index is 13.8. The Hall–Kier alpha value is -5.05. The van der Waals surface area contributed by atoms with E-state index >= 15 is 0 Å². The van der Waals surface area contributed by atoms with Crippen LogP contribution in [0.25, 0.3) is 11.1 Å². The number of nitrogens with zero attached hydrogens (tertiary/aromatic N) is 1. The predicted octanol–water partition coefficient (Wildman–Crippen LogP) is 5.64. The number of ether oxygens (including phenoxy) is 4. The number of nitrogens with one attached hydrogen (secondary N) is 1. The second kappa shape index (κ2) is 13.3. The van der Waals surface area contributed by atoms with Gasteiger partial charge in [0, 0.05) is 30.8 Å². The van der Waals surface area contributed by atoms with Crippen molar-refractivity contribution in [2.75, 3.05) is 26.1 Å². The van der Waals surface area contributed by atoms with E-state index in [0.717, 1.165) is 5.56 Å². The first-order valence-electron chi connectivity index (χ1n) is 13.1. The van der Waals surface area contributed by atoms with E-state index in [4.69, 9.17) is 18.9 Å². The number of rotatable bonds is 11. The highest BCUT2D eigenvalue weighted by Gasteiger charge is 2.30. The normalized spacial score (nSPS) is 11.3. The third-order valence-corrected chi connectivity index (χ3v) is 6.31. The van der Waals surface area contributed by atoms with Crippen molar-refractivity contribution in [3.05, 3.63) is 102 Å². The van der Waals surface area contributed by atoms with Crippen molar-refractivity contribution in [1.29, 1.82) is 0 Å². The molecule has 1 N–H and O–H groups in total. The van der Waals surface area contributed by atoms with Crippen LogP contribution in [0.3, 0.4) is 0 Å². The van der Waals surface area contributed by atoms with Crippen LogP contribution in [0.4, 0.5) is 5.69 Å². The number of amides is 1. The summed E-state index contributed by atoms with van der Waals surface area (Å²) in [5.41, 5.74) is 2.96. The predicted molar refractivity (Wildman–Crippen MR) is 154 cm³/mol. The van der Waals surface area contributed by atoms with Gasteiger partial charge in [-0.2, -0.15) is 0 Å². The molecule has 0 spiro atoms. The summed E-state index contributed by atoms with van der Waals surface area (Å²) in [6, 6.07) is 23.6. The zero-order valence-corrected chi connectivity index (χ0v) is 23.4. The van der Waals surface area contributed by atoms with Gasteiger partial charge >= 0.3 is 11.9 Å². The van der Waals surface area contributed by atoms with Crippen LogP contribution in [0.2, 0.25) is 0 Å². The molecule has 9 nitrogen and oxygen atoms in total. The van der Waals surface area contributed by atoms with Gasteiger partial charge in [-0.25, -0.2) is 4.79 Å². The molecule has 4 aromatic rings. The van der Waals surface area contributed by atoms with Crippen LogP contribution in [0.5, 0.6) is 11.5 Å². The van der Waals surface area contributed by atoms with Gasteiger partial charge in [-0.1, -0.05) is 66.7 Å². The molecule has 0 bridgehead atoms. The maximum atomic E-state index is 13.8. The standard InChI is InChI=1S/C32H32N2O7/c1-5-40-32(37)29-28(33-31(36)30(41-21(2)35)23-14-10-7-11-15-23)25(20-34(29)19-22-12-8-6-9-13-22)24-16-17-26(38-3)27(18-24)39-4/h6-18,20,30H,5,19H2,1-4H3,(H,33,36)/t30-/m1/s1. The molecule has 3 aromatic carbocycles. The number of hydrogen-bond acceptors (Lipinski definition) is 7. The fourth-order valence-electron chi connectivity index (χ4n) is 4.48. The fraction of sp³-hybridized carbons (Fsp3) is 0.219. The number of benzene rings is 3. The summed E-state index contributed by atoms with van der Waals surface area (Å²) in [7, 11) is 3.07. The van der Waals surface area contributed by atoms with Gasteiger partial charge in [0.2, 0.25) is 6.10 Å². The summed E-state index contributed by atoms with van der Waals surface area (Å²) in [5.74, 6) is -0.875. The molecule has 0 aliphatic rings. The van der Waals surface area contributed by atoms with Crippen molar-refractivity contribution >= 4 is 23.5 Å². The molecule has 0 saturated heterocycles. The number of hydrogen-bond donors (Lipinski definition) is 1. The van der Waals surface area contributed by atoms with Crippen molar-refractivity contribution < 1.29 is 33.3 Å². The van der Waals surface area contributed by atoms with Gasteiger partial charge in [0.15, 0.2) is 17.2 Å². The first kappa shape index (κ1) is 28.9. The van der Waals surface area contributed by atoms with Crippen molar-refractivity contribution in [1.82, 2.24) is 4.57 Å². The lowest BCUT2D eigenvalue weighted by molar-refractivity contribution is -0.152. The minimum Gasteiger partial charge on any atom is -0.493 e. The second-order valence-electron chi connectivity index (χ2n) is 9.06. The van der Waals surface area contributed by atoms with E-state index in [0.29, 0.717) is 34.7 Å². The molecule has 0 aliphatic heterocycles. The fourth-order valence-corrected chi connectivity index (χ4v) is 4.48. The van der Waals surface area contributed by atoms with Gasteiger partial charge in [-0.3, -0.25) is 9.59 Å². The average Bonchev–Trinajstić information content (AvgIpc) is 3.33. The largest absolute Gasteiger partial charge is 0.493 e. The second-order valence-corrected chi connectivity index (χ2v) is 9.06. The lowest BCUT2D eigenvalue weighted by Crippen LogP contribution is -2.26. The minimum absolute atomic E-state index is 0.133. The summed E-state index contributed by atoms with van der Waals surface area (Å²) >= 11 is 0. The minimum atomic E-state index is -1.25. The van der Waals surface area contributed by atoms with E-state index in [9.17, 15) is 14.4 Å². The van der Waals surface area contributed by atoms with Crippen LogP contribution < -0.4 is 14.8 Å². The number of aromatic nitrogens is 1. The molecule has 0 aliphatic carbocycles. The summed E-state index contributed by atoms with van der Waals surface area (Å²) < 4.78 is 23.5. The summed E-state index contributed by atoms with van der Waals surface area (Å²) in [6.45, 7) is 3.41. The third kappa shape index (κ3) is 6.75. The molecule has 0 radical (unpaired) electrons. The molecule has 212 valence electrons. The van der Waals surface area contributed by atoms with Gasteiger partial charge in [-0.05, 0) is 30.2 Å². The molecule has 1 atom stereocenters. The van der Waals surface area contributed by atoms with Crippen LogP contribution in [0.1, 0.15) is 41.6 Å². The topological polar surface area (TPSA) is 105 Å². The molecule has 0 unspecified atom stereocenters. The highest BCUT2D eigenvalue weighted by Crippen LogP contribution is 2.39. The first-order valence-corrected chi connectivity index (χ1v) is 13.1. The van der Waals surface area contributed by atoms with Crippen molar-refractivity contribution in [3.63, 3.8) is 0 Å². The Morgan fingerprint density at radius 2 is 1.54 bits per heavy atom. The number of carbonyl (C=O) groups excluding carboxylic acids is 3. The third-order valence-electron chi connectivity index (χ3n) is 6.31. The molecule has 1 heterocycles. The lowest BCUT2D eigenvalue weighted by atomic mass is 10.0. The Morgan fingerprint density at radius 1 is 0.878 bits per heavy atom. The van der Waals surface area contributed by atoms with Gasteiger partial charge in [-0.15, -0.1) is 0 Å². The zero-order chi connectivity index (χ0) is 29.4. The summed E-state index contributed by atoms with van der Waals surface area (Å²) in [6.07, 6.45) is 0.527. The number of esters is 2. The number of anilines is 1. The van der Waals surface area contributed by atoms with Crippen molar-refractivity contribution in [2.45, 2.75) is 26.5 Å². The van der Waals surface area contributed by atoms with E-state index in [1.54, 1.807) is 66.2 Å². The van der Waals surface area contributed by atoms with E-state index in [-0.39, 0.29) is 18.0 Å². The van der Waals surface area contributed by atoms with E-state index in [1.165, 1.54) is 21.1 Å². The van der Waals surface area contributed by atoms with Crippen LogP contribution in [0.15, 0.2) is 85.1 Å². The summed E-state index contributed by atoms with van der Waals surface area (Å²) in [5, 5.41) is 2.88. The van der Waals surface area contributed by atoms with Crippen molar-refractivity contribution in [2.24, 2.45) is 0 Å². The maximum Gasteiger partial charge on any atom is 0.357 e. The number of carbonyl (C=O) groups is 3. The molecule has 4 rings (SSSR count). The SMILES string of the molecule is CCOC(=O)c1c(NC(=O)[C@H](OC(C)=O)c2ccccc2)c(-c2ccc(OC)c(OC)c2)cn1Cc1ccccc1. The average molecular weight is 557 g/mol. The van der Waals surface area contributed by atoms with Crippen molar-refractivity contribution in [3.8, 4) is 22.6 Å². The van der Waals surface area contributed by atoms with Crippen LogP contribution in [-0.2, 0) is 25.6 Å². The Balaban J connectivity index is 1.89. The van der Waals surface area contributed by atoms with E-state index < -0.39 is 23.9 Å². The quantitative estimate of drug-likeness (QED) is 0.238. The first-order chi connectivity index (χ1) is 19.9. The Morgan fingerprint density at radius 3 is 2.15 bits per heavy atom. The summed E-state index contributed by atoms with van der Waals surface area (Å²) in [4.78, 5) is 39.1. The molecule has 1 aromatic heterocycles. The van der Waals surface area contributed by atoms with Gasteiger partial charge in [0.25, 0.3) is 5.91 Å². The highest BCUT2D eigenvalue weighted by atomic mass is 16.5. The zero-order valence-electron chi connectivity index (χ0n) is 23.4. The molecule has 0 saturated carbocycles. The van der Waals surface area contributed by atoms with Crippen LogP contribution >= 0.6 is 0 Å². The lowest BCUT2D eigenvalue weighted by Gasteiger charge is -2.18. The van der Waals surface area contributed by atoms with E-state index in [2.05, 4.69) is 5.32 Å². The van der Waals surface area contributed by atoms with Gasteiger partial charge < -0.3 is 28.8 Å². The van der Waals surface area contributed by atoms with E-state index in [1.807, 2.05) is 30.3 Å². The Bertz CT molecular complexity index is 1510. The molecule has 1 amide bonds.